The van der Waals surface area contributed by atoms with Crippen molar-refractivity contribution in [3.8, 4) is 0 Å². The second-order valence-corrected chi connectivity index (χ2v) is 18.8. The molecule has 0 aliphatic carbocycles. The Morgan fingerprint density at radius 1 is 0.450 bits per heavy atom. The Hall–Kier alpha value is -1.52. The van der Waals surface area contributed by atoms with Crippen LogP contribution in [0, 0.1) is 0 Å². The van der Waals surface area contributed by atoms with E-state index in [4.69, 9.17) is 24.8 Å². The first-order valence-electron chi connectivity index (χ1n) is 25.1. The number of unbranched alkanes of at least 4 members (excludes halogenated alkanes) is 34. The summed E-state index contributed by atoms with van der Waals surface area (Å²) in [6.07, 6.45) is 44.5. The standard InChI is InChI=1S/C48H94NO10P/c1-3-5-7-9-11-13-15-17-19-20-21-22-23-24-25-26-28-30-32-34-36-38-40-47(51)59-44(42-57-60(54,55)58-43-45(49)48(52)53)41-56-46(50)39-37-35-33-31-29-27-18-16-14-12-10-8-6-4-2/h44-45H,3-43,49H2,1-2H3,(H,52,53)(H,54,55). The molecule has 0 saturated carbocycles. The highest BCUT2D eigenvalue weighted by atomic mass is 31.2. The van der Waals surface area contributed by atoms with Crippen LogP contribution < -0.4 is 5.73 Å². The van der Waals surface area contributed by atoms with Gasteiger partial charge in [0.2, 0.25) is 0 Å². The number of carboxylic acid groups (broad SMARTS) is 1. The van der Waals surface area contributed by atoms with Crippen LogP contribution in [0.3, 0.4) is 0 Å². The fourth-order valence-electron chi connectivity index (χ4n) is 7.42. The molecular weight excluding hydrogens is 781 g/mol. The third-order valence-electron chi connectivity index (χ3n) is 11.4. The quantitative estimate of drug-likeness (QED) is 0.0302. The van der Waals surface area contributed by atoms with E-state index in [1.807, 2.05) is 0 Å². The smallest absolute Gasteiger partial charge is 0.472 e. The average molecular weight is 876 g/mol. The molecule has 0 fully saturated rings. The molecule has 0 amide bonds. The first-order chi connectivity index (χ1) is 29.1. The minimum absolute atomic E-state index is 0.170. The number of phosphoric ester groups is 1. The van der Waals surface area contributed by atoms with Gasteiger partial charge >= 0.3 is 25.7 Å². The molecule has 4 N–H and O–H groups in total. The molecule has 3 atom stereocenters. The molecule has 0 saturated heterocycles. The molecular formula is C48H94NO10P. The maximum atomic E-state index is 12.7. The number of carbonyl (C=O) groups excluding carboxylic acids is 2. The van der Waals surface area contributed by atoms with Crippen LogP contribution in [0.4, 0.5) is 0 Å². The lowest BCUT2D eigenvalue weighted by Crippen LogP contribution is -2.34. The van der Waals surface area contributed by atoms with Gasteiger partial charge in [0, 0.05) is 12.8 Å². The van der Waals surface area contributed by atoms with Crippen LogP contribution in [0.15, 0.2) is 0 Å². The van der Waals surface area contributed by atoms with E-state index in [1.54, 1.807) is 0 Å². The van der Waals surface area contributed by atoms with Crippen molar-refractivity contribution in [1.29, 1.82) is 0 Å². The highest BCUT2D eigenvalue weighted by Gasteiger charge is 2.28. The summed E-state index contributed by atoms with van der Waals surface area (Å²) in [6, 6.07) is -1.52. The first-order valence-corrected chi connectivity index (χ1v) is 26.6. The number of phosphoric acid groups is 1. The molecule has 0 aromatic carbocycles. The number of esters is 2. The minimum atomic E-state index is -4.71. The number of carboxylic acids is 1. The van der Waals surface area contributed by atoms with Crippen molar-refractivity contribution in [2.75, 3.05) is 19.8 Å². The van der Waals surface area contributed by atoms with Crippen molar-refractivity contribution in [2.24, 2.45) is 5.73 Å². The summed E-state index contributed by atoms with van der Waals surface area (Å²) in [5, 5.41) is 8.91. The van der Waals surface area contributed by atoms with Gasteiger partial charge in [-0.25, -0.2) is 4.57 Å². The fourth-order valence-corrected chi connectivity index (χ4v) is 8.20. The minimum Gasteiger partial charge on any atom is -0.480 e. The Labute approximate surface area is 367 Å². The number of carbonyl (C=O) groups is 3. The Morgan fingerprint density at radius 2 is 0.733 bits per heavy atom. The molecule has 0 aliphatic heterocycles. The molecule has 60 heavy (non-hydrogen) atoms. The summed E-state index contributed by atoms with van der Waals surface area (Å²) in [7, 11) is -4.71. The number of hydrogen-bond acceptors (Lipinski definition) is 9. The van der Waals surface area contributed by atoms with E-state index in [-0.39, 0.29) is 19.4 Å². The second kappa shape index (κ2) is 44.1. The van der Waals surface area contributed by atoms with Gasteiger partial charge in [-0.1, -0.05) is 232 Å². The summed E-state index contributed by atoms with van der Waals surface area (Å²) in [5.41, 5.74) is 5.35. The van der Waals surface area contributed by atoms with Crippen LogP contribution in [0.5, 0.6) is 0 Å². The van der Waals surface area contributed by atoms with Crippen molar-refractivity contribution < 1.29 is 47.5 Å². The monoisotopic (exact) mass is 876 g/mol. The van der Waals surface area contributed by atoms with E-state index in [0.717, 1.165) is 38.5 Å². The largest absolute Gasteiger partial charge is 0.480 e. The van der Waals surface area contributed by atoms with E-state index >= 15 is 0 Å². The number of hydrogen-bond donors (Lipinski definition) is 3. The van der Waals surface area contributed by atoms with Crippen molar-refractivity contribution in [2.45, 2.75) is 270 Å². The van der Waals surface area contributed by atoms with Gasteiger partial charge in [0.1, 0.15) is 12.6 Å². The fraction of sp³-hybridized carbons (Fsp3) is 0.938. The van der Waals surface area contributed by atoms with Gasteiger partial charge in [-0.05, 0) is 12.8 Å². The summed E-state index contributed by atoms with van der Waals surface area (Å²) in [5.74, 6) is -2.35. The zero-order valence-corrected chi connectivity index (χ0v) is 39.7. The Kier molecular flexibility index (Phi) is 43.0. The Balaban J connectivity index is 4.18. The molecule has 0 aromatic rings. The van der Waals surface area contributed by atoms with Gasteiger partial charge in [0.25, 0.3) is 0 Å². The summed E-state index contributed by atoms with van der Waals surface area (Å²) in [4.78, 5) is 46.1. The normalized spacial score (nSPS) is 13.5. The van der Waals surface area contributed by atoms with Crippen LogP contribution in [-0.2, 0) is 37.5 Å². The lowest BCUT2D eigenvalue weighted by molar-refractivity contribution is -0.161. The Bertz CT molecular complexity index is 1030. The molecule has 0 radical (unpaired) electrons. The summed E-state index contributed by atoms with van der Waals surface area (Å²) >= 11 is 0. The molecule has 0 aromatic heterocycles. The third kappa shape index (κ3) is 43.1. The van der Waals surface area contributed by atoms with Crippen molar-refractivity contribution in [3.63, 3.8) is 0 Å². The Morgan fingerprint density at radius 3 is 1.05 bits per heavy atom. The van der Waals surface area contributed by atoms with Gasteiger partial charge in [0.15, 0.2) is 6.10 Å². The van der Waals surface area contributed by atoms with E-state index in [1.165, 1.54) is 180 Å². The zero-order valence-electron chi connectivity index (χ0n) is 38.8. The first kappa shape index (κ1) is 58.5. The third-order valence-corrected chi connectivity index (χ3v) is 12.3. The van der Waals surface area contributed by atoms with Gasteiger partial charge in [-0.15, -0.1) is 0 Å². The number of ether oxygens (including phenoxy) is 2. The maximum absolute atomic E-state index is 12.7. The lowest BCUT2D eigenvalue weighted by Gasteiger charge is -2.20. The molecule has 11 nitrogen and oxygen atoms in total. The van der Waals surface area contributed by atoms with E-state index in [0.29, 0.717) is 12.8 Å². The van der Waals surface area contributed by atoms with Crippen LogP contribution in [-0.4, -0.2) is 59.9 Å². The van der Waals surface area contributed by atoms with Gasteiger partial charge < -0.3 is 25.2 Å². The second-order valence-electron chi connectivity index (χ2n) is 17.3. The van der Waals surface area contributed by atoms with Crippen LogP contribution in [0.25, 0.3) is 0 Å². The highest BCUT2D eigenvalue weighted by molar-refractivity contribution is 7.47. The predicted octanol–water partition coefficient (Wildman–Crippen LogP) is 13.9. The SMILES string of the molecule is CCCCCCCCCCCCCCCCCCCCCCCCC(=O)OC(COC(=O)CCCCCCCCCCCCCCCC)COP(=O)(O)OCC(N)C(=O)O. The molecule has 356 valence electrons. The number of rotatable bonds is 48. The van der Waals surface area contributed by atoms with Crippen LogP contribution >= 0.6 is 7.82 Å². The highest BCUT2D eigenvalue weighted by Crippen LogP contribution is 2.43. The van der Waals surface area contributed by atoms with E-state index in [9.17, 15) is 23.8 Å². The topological polar surface area (TPSA) is 172 Å². The van der Waals surface area contributed by atoms with Gasteiger partial charge in [-0.3, -0.25) is 23.4 Å². The lowest BCUT2D eigenvalue weighted by atomic mass is 10.0. The zero-order chi connectivity index (χ0) is 44.2. The average Bonchev–Trinajstić information content (AvgIpc) is 3.22. The molecule has 0 rings (SSSR count). The summed E-state index contributed by atoms with van der Waals surface area (Å²) in [6.45, 7) is 2.86. The summed E-state index contributed by atoms with van der Waals surface area (Å²) < 4.78 is 32.8. The molecule has 0 spiro atoms. The molecule has 0 heterocycles. The van der Waals surface area contributed by atoms with Crippen LogP contribution in [0.2, 0.25) is 0 Å². The van der Waals surface area contributed by atoms with E-state index in [2.05, 4.69) is 18.4 Å². The van der Waals surface area contributed by atoms with Crippen LogP contribution in [0.1, 0.15) is 258 Å². The molecule has 12 heteroatoms. The van der Waals surface area contributed by atoms with E-state index < -0.39 is 51.1 Å². The molecule has 0 aliphatic rings. The van der Waals surface area contributed by atoms with Crippen molar-refractivity contribution in [3.05, 3.63) is 0 Å². The van der Waals surface area contributed by atoms with Crippen molar-refractivity contribution >= 4 is 25.7 Å². The molecule has 3 unspecified atom stereocenters. The predicted molar refractivity (Wildman–Crippen MR) is 245 cm³/mol. The van der Waals surface area contributed by atoms with Gasteiger partial charge in [0.05, 0.1) is 13.2 Å². The molecule has 0 bridgehead atoms. The van der Waals surface area contributed by atoms with Crippen molar-refractivity contribution in [1.82, 2.24) is 0 Å². The number of nitrogens with two attached hydrogens (primary N) is 1. The maximum Gasteiger partial charge on any atom is 0.472 e. The van der Waals surface area contributed by atoms with Gasteiger partial charge in [-0.2, -0.15) is 0 Å². The number of aliphatic carboxylic acids is 1.